The second-order valence-electron chi connectivity index (χ2n) is 5.26. The number of rotatable bonds is 13. The molecule has 1 fully saturated rings. The molecule has 19 heavy (non-hydrogen) atoms. The minimum absolute atomic E-state index is 0.607. The highest BCUT2D eigenvalue weighted by Crippen LogP contribution is 2.20. The van der Waals surface area contributed by atoms with Crippen LogP contribution < -0.4 is 0 Å². The first-order valence-electron chi connectivity index (χ1n) is 7.53. The van der Waals surface area contributed by atoms with Crippen LogP contribution in [0.4, 0.5) is 0 Å². The van der Waals surface area contributed by atoms with Gasteiger partial charge in [0.15, 0.2) is 0 Å². The number of unbranched alkanes of at least 4 members (excludes halogenated alkanes) is 6. The topological polar surface area (TPSA) is 40.2 Å². The molecule has 0 saturated carbocycles. The standard InChI is InChI=1S/C14H30O4Si/c1-15-19(16-2,17-3)12-10-8-6-4-5-7-9-11-14-13-18-14/h14H,4-13H2,1-3H3. The Balaban J connectivity index is 1.86. The van der Waals surface area contributed by atoms with Crippen molar-refractivity contribution in [2.45, 2.75) is 63.5 Å². The Kier molecular flexibility index (Phi) is 8.90. The fraction of sp³-hybridized carbons (Fsp3) is 1.00. The Hall–Kier alpha value is 0.0569. The first-order chi connectivity index (χ1) is 9.26. The van der Waals surface area contributed by atoms with Gasteiger partial charge in [0, 0.05) is 27.4 Å². The van der Waals surface area contributed by atoms with Gasteiger partial charge in [-0.3, -0.25) is 0 Å². The molecular weight excluding hydrogens is 260 g/mol. The van der Waals surface area contributed by atoms with E-state index in [1.165, 1.54) is 44.9 Å². The average molecular weight is 290 g/mol. The van der Waals surface area contributed by atoms with Crippen molar-refractivity contribution in [2.75, 3.05) is 27.9 Å². The van der Waals surface area contributed by atoms with Crippen molar-refractivity contribution in [1.29, 1.82) is 0 Å². The summed E-state index contributed by atoms with van der Waals surface area (Å²) in [6.07, 6.45) is 10.9. The molecule has 0 bridgehead atoms. The fourth-order valence-electron chi connectivity index (χ4n) is 2.39. The van der Waals surface area contributed by atoms with Crippen LogP contribution in [0.1, 0.15) is 51.4 Å². The molecule has 1 atom stereocenters. The zero-order chi connectivity index (χ0) is 14.0. The number of hydrogen-bond donors (Lipinski definition) is 0. The van der Waals surface area contributed by atoms with Crippen molar-refractivity contribution in [3.8, 4) is 0 Å². The van der Waals surface area contributed by atoms with E-state index in [1.807, 2.05) is 0 Å². The summed E-state index contributed by atoms with van der Waals surface area (Å²) in [5.74, 6) is 0. The van der Waals surface area contributed by atoms with E-state index in [9.17, 15) is 0 Å². The molecule has 1 heterocycles. The zero-order valence-corrected chi connectivity index (χ0v) is 13.8. The number of ether oxygens (including phenoxy) is 1. The van der Waals surface area contributed by atoms with E-state index in [0.717, 1.165) is 19.1 Å². The lowest BCUT2D eigenvalue weighted by atomic mass is 10.1. The molecule has 1 unspecified atom stereocenters. The van der Waals surface area contributed by atoms with Crippen molar-refractivity contribution >= 4 is 8.80 Å². The molecule has 5 heteroatoms. The average Bonchev–Trinajstić information content (AvgIpc) is 3.26. The molecule has 0 aliphatic carbocycles. The summed E-state index contributed by atoms with van der Waals surface area (Å²) in [5, 5.41) is 0. The molecule has 114 valence electrons. The van der Waals surface area contributed by atoms with Crippen molar-refractivity contribution in [3.63, 3.8) is 0 Å². The van der Waals surface area contributed by atoms with Crippen LogP contribution in [-0.4, -0.2) is 42.8 Å². The van der Waals surface area contributed by atoms with Crippen molar-refractivity contribution < 1.29 is 18.0 Å². The predicted molar refractivity (Wildman–Crippen MR) is 78.3 cm³/mol. The smallest absolute Gasteiger partial charge is 0.377 e. The van der Waals surface area contributed by atoms with Gasteiger partial charge < -0.3 is 18.0 Å². The maximum atomic E-state index is 5.41. The van der Waals surface area contributed by atoms with E-state index < -0.39 is 8.80 Å². The summed E-state index contributed by atoms with van der Waals surface area (Å²) in [6, 6.07) is 0.926. The van der Waals surface area contributed by atoms with E-state index >= 15 is 0 Å². The Labute approximate surface area is 119 Å². The largest absolute Gasteiger partial charge is 0.500 e. The molecule has 0 aromatic rings. The van der Waals surface area contributed by atoms with Gasteiger partial charge in [0.2, 0.25) is 0 Å². The third-order valence-electron chi connectivity index (χ3n) is 3.84. The summed E-state index contributed by atoms with van der Waals surface area (Å²) in [4.78, 5) is 0. The Bertz CT molecular complexity index is 209. The quantitative estimate of drug-likeness (QED) is 0.296. The van der Waals surface area contributed by atoms with Gasteiger partial charge in [-0.2, -0.15) is 0 Å². The molecule has 0 amide bonds. The van der Waals surface area contributed by atoms with Gasteiger partial charge in [-0.25, -0.2) is 0 Å². The van der Waals surface area contributed by atoms with Crippen LogP contribution in [0.3, 0.4) is 0 Å². The first kappa shape index (κ1) is 17.1. The van der Waals surface area contributed by atoms with Crippen LogP contribution in [0.2, 0.25) is 6.04 Å². The molecule has 4 nitrogen and oxygen atoms in total. The van der Waals surface area contributed by atoms with Crippen LogP contribution in [-0.2, 0) is 18.0 Å². The number of epoxide rings is 1. The van der Waals surface area contributed by atoms with Gasteiger partial charge in [0.1, 0.15) is 0 Å². The summed E-state index contributed by atoms with van der Waals surface area (Å²) in [5.41, 5.74) is 0. The lowest BCUT2D eigenvalue weighted by Gasteiger charge is -2.24. The van der Waals surface area contributed by atoms with E-state index in [-0.39, 0.29) is 0 Å². The highest BCUT2D eigenvalue weighted by Gasteiger charge is 2.36. The van der Waals surface area contributed by atoms with Crippen molar-refractivity contribution in [2.24, 2.45) is 0 Å². The predicted octanol–water partition coefficient (Wildman–Crippen LogP) is 3.38. The van der Waals surface area contributed by atoms with Crippen LogP contribution >= 0.6 is 0 Å². The second-order valence-corrected chi connectivity index (χ2v) is 8.36. The molecular formula is C14H30O4Si. The molecule has 1 rings (SSSR count). The van der Waals surface area contributed by atoms with E-state index in [1.54, 1.807) is 21.3 Å². The van der Waals surface area contributed by atoms with Gasteiger partial charge >= 0.3 is 8.80 Å². The maximum Gasteiger partial charge on any atom is 0.500 e. The Morgan fingerprint density at radius 3 is 1.79 bits per heavy atom. The molecule has 1 saturated heterocycles. The highest BCUT2D eigenvalue weighted by atomic mass is 28.4. The SMILES string of the molecule is CO[Si](CCCCCCCCCC1CO1)(OC)OC. The highest BCUT2D eigenvalue weighted by molar-refractivity contribution is 6.60. The van der Waals surface area contributed by atoms with Crippen molar-refractivity contribution in [1.82, 2.24) is 0 Å². The van der Waals surface area contributed by atoms with Gasteiger partial charge in [-0.15, -0.1) is 0 Å². The van der Waals surface area contributed by atoms with Crippen LogP contribution in [0.15, 0.2) is 0 Å². The second kappa shape index (κ2) is 9.88. The van der Waals surface area contributed by atoms with E-state index in [0.29, 0.717) is 6.10 Å². The Morgan fingerprint density at radius 1 is 0.842 bits per heavy atom. The molecule has 0 radical (unpaired) electrons. The monoisotopic (exact) mass is 290 g/mol. The zero-order valence-electron chi connectivity index (χ0n) is 12.8. The number of hydrogen-bond acceptors (Lipinski definition) is 4. The van der Waals surface area contributed by atoms with Gasteiger partial charge in [0.05, 0.1) is 12.7 Å². The molecule has 1 aliphatic rings. The summed E-state index contributed by atoms with van der Waals surface area (Å²) < 4.78 is 21.4. The van der Waals surface area contributed by atoms with Gasteiger partial charge in [0.25, 0.3) is 0 Å². The Morgan fingerprint density at radius 2 is 1.32 bits per heavy atom. The minimum Gasteiger partial charge on any atom is -0.377 e. The summed E-state index contributed by atoms with van der Waals surface area (Å²) in [6.45, 7) is 1.00. The summed E-state index contributed by atoms with van der Waals surface area (Å²) >= 11 is 0. The maximum absolute atomic E-state index is 5.41. The van der Waals surface area contributed by atoms with Crippen LogP contribution in [0, 0.1) is 0 Å². The van der Waals surface area contributed by atoms with Gasteiger partial charge in [-0.05, 0) is 12.8 Å². The lowest BCUT2D eigenvalue weighted by molar-refractivity contribution is 0.122. The first-order valence-corrected chi connectivity index (χ1v) is 9.46. The van der Waals surface area contributed by atoms with E-state index in [4.69, 9.17) is 18.0 Å². The van der Waals surface area contributed by atoms with Gasteiger partial charge in [-0.1, -0.05) is 38.5 Å². The molecule has 1 aliphatic heterocycles. The normalized spacial score (nSPS) is 18.8. The lowest BCUT2D eigenvalue weighted by Crippen LogP contribution is -2.42. The fourth-order valence-corrected chi connectivity index (χ4v) is 4.18. The van der Waals surface area contributed by atoms with Crippen molar-refractivity contribution in [3.05, 3.63) is 0 Å². The van der Waals surface area contributed by atoms with Crippen LogP contribution in [0.25, 0.3) is 0 Å². The molecule has 0 N–H and O–H groups in total. The minimum atomic E-state index is -2.32. The third kappa shape index (κ3) is 7.42. The molecule has 0 aromatic heterocycles. The molecule has 0 aromatic carbocycles. The molecule has 0 spiro atoms. The summed E-state index contributed by atoms with van der Waals surface area (Å²) in [7, 11) is 2.73. The van der Waals surface area contributed by atoms with Crippen LogP contribution in [0.5, 0.6) is 0 Å². The van der Waals surface area contributed by atoms with E-state index in [2.05, 4.69) is 0 Å². The third-order valence-corrected chi connectivity index (χ3v) is 6.68.